The van der Waals surface area contributed by atoms with Crippen LogP contribution >= 0.6 is 28.1 Å². The monoisotopic (exact) mass is 492 g/mol. The van der Waals surface area contributed by atoms with E-state index in [0.29, 0.717) is 5.11 Å². The van der Waals surface area contributed by atoms with Crippen LogP contribution in [0.4, 0.5) is 10.1 Å². The van der Waals surface area contributed by atoms with Gasteiger partial charge in [0.1, 0.15) is 11.9 Å². The molecule has 1 fully saturated rings. The average Bonchev–Trinajstić information content (AvgIpc) is 3.39. The van der Waals surface area contributed by atoms with Gasteiger partial charge >= 0.3 is 0 Å². The topological polar surface area (TPSA) is 33.1 Å². The van der Waals surface area contributed by atoms with Crippen LogP contribution in [0.25, 0.3) is 5.69 Å². The highest BCUT2D eigenvalue weighted by atomic mass is 79.9. The summed E-state index contributed by atoms with van der Waals surface area (Å²) in [4.78, 5) is 6.69. The van der Waals surface area contributed by atoms with Gasteiger partial charge in [0.15, 0.2) is 5.11 Å². The fraction of sp³-hybridized carbons (Fsp3) is 0.0833. The Labute approximate surface area is 193 Å². The van der Waals surface area contributed by atoms with Crippen molar-refractivity contribution in [2.24, 2.45) is 0 Å². The molecular formula is C24H18BrFN4S. The minimum absolute atomic E-state index is 0.167. The van der Waals surface area contributed by atoms with Crippen LogP contribution in [0.1, 0.15) is 23.5 Å². The summed E-state index contributed by atoms with van der Waals surface area (Å²) in [5, 5.41) is 4.08. The Balaban J connectivity index is 1.67. The van der Waals surface area contributed by atoms with Crippen molar-refractivity contribution in [2.45, 2.75) is 12.1 Å². The second-order valence-corrected chi connectivity index (χ2v) is 8.56. The summed E-state index contributed by atoms with van der Waals surface area (Å²) in [5.41, 5.74) is 3.60. The quantitative estimate of drug-likeness (QED) is 0.356. The van der Waals surface area contributed by atoms with Gasteiger partial charge in [0.05, 0.1) is 11.7 Å². The van der Waals surface area contributed by atoms with Gasteiger partial charge < -0.3 is 14.8 Å². The van der Waals surface area contributed by atoms with Gasteiger partial charge in [-0.2, -0.15) is 0 Å². The maximum absolute atomic E-state index is 14.0. The first-order valence-corrected chi connectivity index (χ1v) is 11.0. The molecule has 154 valence electrons. The maximum Gasteiger partial charge on any atom is 0.174 e. The van der Waals surface area contributed by atoms with E-state index < -0.39 is 0 Å². The summed E-state index contributed by atoms with van der Waals surface area (Å²) < 4.78 is 17.0. The van der Waals surface area contributed by atoms with Crippen LogP contribution in [0.3, 0.4) is 0 Å². The van der Waals surface area contributed by atoms with Crippen molar-refractivity contribution in [3.8, 4) is 5.69 Å². The third kappa shape index (κ3) is 3.75. The number of nitrogens with zero attached hydrogens (tertiary/aromatic N) is 3. The molecule has 2 aromatic heterocycles. The molecule has 2 atom stereocenters. The fourth-order valence-corrected chi connectivity index (χ4v) is 4.64. The van der Waals surface area contributed by atoms with Crippen LogP contribution in [0.5, 0.6) is 0 Å². The van der Waals surface area contributed by atoms with E-state index in [-0.39, 0.29) is 17.9 Å². The largest absolute Gasteiger partial charge is 0.351 e. The highest BCUT2D eigenvalue weighted by Gasteiger charge is 2.42. The normalized spacial score (nSPS) is 18.3. The number of nitrogens with one attached hydrogen (secondary N) is 1. The van der Waals surface area contributed by atoms with Crippen LogP contribution in [0.2, 0.25) is 0 Å². The van der Waals surface area contributed by atoms with E-state index in [9.17, 15) is 4.39 Å². The zero-order valence-corrected chi connectivity index (χ0v) is 18.7. The molecule has 0 aliphatic carbocycles. The molecule has 0 spiro atoms. The third-order valence-electron chi connectivity index (χ3n) is 5.37. The molecule has 1 aliphatic rings. The molecule has 1 aliphatic heterocycles. The first-order chi connectivity index (χ1) is 15.1. The van der Waals surface area contributed by atoms with E-state index in [1.54, 1.807) is 12.3 Å². The van der Waals surface area contributed by atoms with Gasteiger partial charge in [-0.1, -0.05) is 28.1 Å². The molecule has 7 heteroatoms. The lowest BCUT2D eigenvalue weighted by molar-refractivity contribution is 0.549. The highest BCUT2D eigenvalue weighted by molar-refractivity contribution is 9.10. The molecule has 2 unspecified atom stereocenters. The summed E-state index contributed by atoms with van der Waals surface area (Å²) in [6.07, 6.45) is 3.73. The molecule has 0 amide bonds. The molecule has 1 N–H and O–H groups in total. The summed E-state index contributed by atoms with van der Waals surface area (Å²) >= 11 is 9.27. The molecule has 0 saturated carbocycles. The summed E-state index contributed by atoms with van der Waals surface area (Å²) in [6.45, 7) is 0. The molecule has 3 heterocycles. The molecule has 0 bridgehead atoms. The minimum Gasteiger partial charge on any atom is -0.351 e. The van der Waals surface area contributed by atoms with Crippen LogP contribution in [-0.4, -0.2) is 14.7 Å². The standard InChI is InChI=1S/C24H18BrFN4S/c25-16-9-11-18(12-10-16)30-23(22(28-24(30)31)20-7-1-2-13-27-20)21-8-4-14-29(21)19-6-3-5-17(26)15-19/h1-15,22-23H,(H,28,31). The zero-order valence-electron chi connectivity index (χ0n) is 16.3. The van der Waals surface area contributed by atoms with Gasteiger partial charge in [0.2, 0.25) is 0 Å². The molecular weight excluding hydrogens is 475 g/mol. The third-order valence-corrected chi connectivity index (χ3v) is 6.22. The second kappa shape index (κ2) is 8.24. The lowest BCUT2D eigenvalue weighted by Crippen LogP contribution is -2.30. The Morgan fingerprint density at radius 3 is 2.52 bits per heavy atom. The first-order valence-electron chi connectivity index (χ1n) is 9.81. The average molecular weight is 493 g/mol. The van der Waals surface area contributed by atoms with E-state index in [4.69, 9.17) is 12.2 Å². The van der Waals surface area contributed by atoms with Gasteiger partial charge in [0, 0.05) is 33.9 Å². The summed E-state index contributed by atoms with van der Waals surface area (Å²) in [7, 11) is 0. The number of halogens is 2. The number of thiocarbonyl (C=S) groups is 1. The van der Waals surface area contributed by atoms with E-state index in [1.165, 1.54) is 12.1 Å². The Bertz CT molecular complexity index is 1230. The Kier molecular flexibility index (Phi) is 5.29. The van der Waals surface area contributed by atoms with Crippen molar-refractivity contribution >= 4 is 38.9 Å². The number of rotatable bonds is 4. The lowest BCUT2D eigenvalue weighted by atomic mass is 10.0. The predicted molar refractivity (Wildman–Crippen MR) is 128 cm³/mol. The van der Waals surface area contributed by atoms with Gasteiger partial charge in [0.25, 0.3) is 0 Å². The molecule has 4 nitrogen and oxygen atoms in total. The van der Waals surface area contributed by atoms with Gasteiger partial charge in [-0.3, -0.25) is 4.98 Å². The molecule has 4 aromatic rings. The van der Waals surface area contributed by atoms with Crippen molar-refractivity contribution in [3.05, 3.63) is 113 Å². The second-order valence-electron chi connectivity index (χ2n) is 7.26. The van der Waals surface area contributed by atoms with E-state index in [2.05, 4.69) is 31.1 Å². The Morgan fingerprint density at radius 1 is 0.935 bits per heavy atom. The molecule has 31 heavy (non-hydrogen) atoms. The minimum atomic E-state index is -0.275. The summed E-state index contributed by atoms with van der Waals surface area (Å²) in [5.74, 6) is -0.275. The van der Waals surface area contributed by atoms with Crippen molar-refractivity contribution in [2.75, 3.05) is 4.90 Å². The smallest absolute Gasteiger partial charge is 0.174 e. The van der Waals surface area contributed by atoms with Crippen molar-refractivity contribution < 1.29 is 4.39 Å². The molecule has 0 radical (unpaired) electrons. The van der Waals surface area contributed by atoms with Crippen molar-refractivity contribution in [3.63, 3.8) is 0 Å². The van der Waals surface area contributed by atoms with Crippen LogP contribution in [-0.2, 0) is 0 Å². The van der Waals surface area contributed by atoms with Gasteiger partial charge in [-0.15, -0.1) is 0 Å². The van der Waals surface area contributed by atoms with E-state index >= 15 is 0 Å². The zero-order chi connectivity index (χ0) is 21.4. The number of benzene rings is 2. The van der Waals surface area contributed by atoms with Gasteiger partial charge in [-0.05, 0) is 78.9 Å². The number of pyridine rings is 1. The molecule has 5 rings (SSSR count). The lowest BCUT2D eigenvalue weighted by Gasteiger charge is -2.29. The van der Waals surface area contributed by atoms with Gasteiger partial charge in [-0.25, -0.2) is 4.39 Å². The first kappa shape index (κ1) is 19.9. The number of anilines is 1. The number of hydrogen-bond donors (Lipinski definition) is 1. The molecule has 2 aromatic carbocycles. The van der Waals surface area contributed by atoms with Crippen LogP contribution < -0.4 is 10.2 Å². The Hall–Kier alpha value is -3.03. The maximum atomic E-state index is 14.0. The van der Waals surface area contributed by atoms with Crippen LogP contribution in [0.15, 0.2) is 95.7 Å². The fourth-order valence-electron chi connectivity index (χ4n) is 4.03. The predicted octanol–water partition coefficient (Wildman–Crippen LogP) is 5.95. The van der Waals surface area contributed by atoms with Crippen LogP contribution in [0, 0.1) is 5.82 Å². The SMILES string of the molecule is Fc1cccc(-n2cccc2C2C(c3ccccn3)NC(=S)N2c2ccc(Br)cc2)c1. The molecule has 1 saturated heterocycles. The Morgan fingerprint density at radius 2 is 1.77 bits per heavy atom. The van der Waals surface area contributed by atoms with Crippen molar-refractivity contribution in [1.29, 1.82) is 0 Å². The summed E-state index contributed by atoms with van der Waals surface area (Å²) in [6, 6.07) is 24.2. The number of aromatic nitrogens is 2. The highest BCUT2D eigenvalue weighted by Crippen LogP contribution is 2.42. The van der Waals surface area contributed by atoms with E-state index in [0.717, 1.165) is 27.2 Å². The van der Waals surface area contributed by atoms with Crippen molar-refractivity contribution in [1.82, 2.24) is 14.9 Å². The van der Waals surface area contributed by atoms with E-state index in [1.807, 2.05) is 71.4 Å². The number of hydrogen-bond acceptors (Lipinski definition) is 2.